The maximum absolute atomic E-state index is 13.1. The van der Waals surface area contributed by atoms with Crippen LogP contribution in [0.3, 0.4) is 0 Å². The summed E-state index contributed by atoms with van der Waals surface area (Å²) in [6, 6.07) is 13.6. The fourth-order valence-electron chi connectivity index (χ4n) is 4.44. The first-order valence-electron chi connectivity index (χ1n) is 11.5. The van der Waals surface area contributed by atoms with Crippen molar-refractivity contribution in [2.45, 2.75) is 46.1 Å². The van der Waals surface area contributed by atoms with Gasteiger partial charge >= 0.3 is 5.97 Å². The highest BCUT2D eigenvalue weighted by Gasteiger charge is 2.27. The van der Waals surface area contributed by atoms with Gasteiger partial charge in [0.15, 0.2) is 11.3 Å². The molecule has 2 heterocycles. The Labute approximate surface area is 198 Å². The number of nitrogens with one attached hydrogen (secondary N) is 1. The summed E-state index contributed by atoms with van der Waals surface area (Å²) in [6.07, 6.45) is 2.17. The van der Waals surface area contributed by atoms with Gasteiger partial charge in [-0.25, -0.2) is 4.79 Å². The smallest absolute Gasteiger partial charge is 0.337 e. The Morgan fingerprint density at radius 3 is 2.62 bits per heavy atom. The van der Waals surface area contributed by atoms with Gasteiger partial charge in [-0.1, -0.05) is 26.0 Å². The van der Waals surface area contributed by atoms with Crippen LogP contribution in [0.2, 0.25) is 0 Å². The molecule has 1 aliphatic heterocycles. The average Bonchev–Trinajstić information content (AvgIpc) is 2.79. The minimum Gasteiger partial charge on any atom is -0.478 e. The lowest BCUT2D eigenvalue weighted by Crippen LogP contribution is -2.37. The first-order chi connectivity index (χ1) is 16.2. The normalized spacial score (nSPS) is 16.1. The van der Waals surface area contributed by atoms with Gasteiger partial charge in [0.2, 0.25) is 0 Å². The molecule has 3 aromatic rings. The Morgan fingerprint density at radius 2 is 1.94 bits per heavy atom. The van der Waals surface area contributed by atoms with Crippen molar-refractivity contribution in [3.8, 4) is 6.07 Å². The Balaban J connectivity index is 1.79. The molecule has 1 unspecified atom stereocenters. The van der Waals surface area contributed by atoms with Crippen molar-refractivity contribution in [3.05, 3.63) is 69.4 Å². The van der Waals surface area contributed by atoms with E-state index in [1.807, 2.05) is 13.0 Å². The lowest BCUT2D eigenvalue weighted by Gasteiger charge is -2.37. The summed E-state index contributed by atoms with van der Waals surface area (Å²) in [5.41, 5.74) is 2.62. The summed E-state index contributed by atoms with van der Waals surface area (Å²) in [5.74, 6) is -0.486. The van der Waals surface area contributed by atoms with Crippen molar-refractivity contribution in [3.63, 3.8) is 0 Å². The topological polar surface area (TPSA) is 107 Å². The Kier molecular flexibility index (Phi) is 6.34. The van der Waals surface area contributed by atoms with Crippen LogP contribution in [0.15, 0.2) is 51.7 Å². The molecule has 2 N–H and O–H groups in total. The number of rotatable bonds is 6. The second-order valence-electron chi connectivity index (χ2n) is 9.71. The number of carboxylic acids is 1. The van der Waals surface area contributed by atoms with Crippen LogP contribution >= 0.6 is 0 Å². The van der Waals surface area contributed by atoms with E-state index in [0.29, 0.717) is 33.7 Å². The molecule has 1 fully saturated rings. The van der Waals surface area contributed by atoms with Crippen LogP contribution < -0.4 is 15.6 Å². The number of fused-ring (bicyclic) bond motifs is 1. The second kappa shape index (κ2) is 9.22. The van der Waals surface area contributed by atoms with Crippen molar-refractivity contribution in [2.75, 3.05) is 23.3 Å². The summed E-state index contributed by atoms with van der Waals surface area (Å²) in [5, 5.41) is 22.5. The summed E-state index contributed by atoms with van der Waals surface area (Å²) < 4.78 is 6.34. The highest BCUT2D eigenvalue weighted by atomic mass is 16.4. The second-order valence-corrected chi connectivity index (χ2v) is 9.71. The molecular weight excluding hydrogens is 430 g/mol. The molecule has 0 aliphatic carbocycles. The number of benzene rings is 2. The fraction of sp³-hybridized carbons (Fsp3) is 0.370. The molecule has 0 bridgehead atoms. The third-order valence-electron chi connectivity index (χ3n) is 6.61. The van der Waals surface area contributed by atoms with Gasteiger partial charge in [0.1, 0.15) is 5.58 Å². The van der Waals surface area contributed by atoms with Crippen molar-refractivity contribution < 1.29 is 14.3 Å². The van der Waals surface area contributed by atoms with E-state index in [9.17, 15) is 20.0 Å². The van der Waals surface area contributed by atoms with Gasteiger partial charge in [0, 0.05) is 30.4 Å². The van der Waals surface area contributed by atoms with E-state index in [1.54, 1.807) is 30.3 Å². The van der Waals surface area contributed by atoms with Gasteiger partial charge in [0.05, 0.1) is 29.5 Å². The molecule has 2 aromatic carbocycles. The zero-order chi connectivity index (χ0) is 24.5. The first kappa shape index (κ1) is 23.4. The minimum atomic E-state index is -1.03. The minimum absolute atomic E-state index is 0.153. The van der Waals surface area contributed by atoms with Crippen LogP contribution in [-0.2, 0) is 6.42 Å². The number of nitriles is 1. The van der Waals surface area contributed by atoms with E-state index >= 15 is 0 Å². The number of hydrogen-bond donors (Lipinski definition) is 2. The molecule has 176 valence electrons. The molecule has 7 nitrogen and oxygen atoms in total. The Bertz CT molecular complexity index is 1330. The van der Waals surface area contributed by atoms with Crippen LogP contribution in [0.1, 0.15) is 61.1 Å². The first-order valence-corrected chi connectivity index (χ1v) is 11.5. The van der Waals surface area contributed by atoms with E-state index in [-0.39, 0.29) is 28.9 Å². The zero-order valence-corrected chi connectivity index (χ0v) is 19.7. The number of aromatic carboxylic acids is 1. The quantitative estimate of drug-likeness (QED) is 0.511. The van der Waals surface area contributed by atoms with E-state index in [2.05, 4.69) is 30.1 Å². The van der Waals surface area contributed by atoms with E-state index < -0.39 is 5.97 Å². The van der Waals surface area contributed by atoms with E-state index in [4.69, 9.17) is 4.42 Å². The van der Waals surface area contributed by atoms with Gasteiger partial charge in [0.25, 0.3) is 0 Å². The lowest BCUT2D eigenvalue weighted by atomic mass is 9.83. The predicted molar refractivity (Wildman–Crippen MR) is 132 cm³/mol. The molecule has 0 spiro atoms. The van der Waals surface area contributed by atoms with Crippen molar-refractivity contribution in [1.29, 1.82) is 5.26 Å². The number of piperidine rings is 1. The molecule has 1 aliphatic rings. The molecule has 0 saturated carbocycles. The monoisotopic (exact) mass is 459 g/mol. The number of hydrogen-bond acceptors (Lipinski definition) is 6. The summed E-state index contributed by atoms with van der Waals surface area (Å²) in [4.78, 5) is 26.9. The highest BCUT2D eigenvalue weighted by molar-refractivity contribution is 5.94. The van der Waals surface area contributed by atoms with E-state index in [1.165, 1.54) is 6.07 Å². The van der Waals surface area contributed by atoms with Crippen LogP contribution in [-0.4, -0.2) is 24.2 Å². The molecule has 34 heavy (non-hydrogen) atoms. The largest absolute Gasteiger partial charge is 0.478 e. The average molecular weight is 460 g/mol. The molecule has 7 heteroatoms. The van der Waals surface area contributed by atoms with Crippen LogP contribution in [0.4, 0.5) is 11.6 Å². The SMILES string of the molecule is CC(Nc1ccccc1C(=O)O)c1cc(CC#N)cc2c(=O)cc(N3CCC(C)(C)CC3)oc12. The molecule has 0 amide bonds. The number of para-hydroxylation sites is 1. The molecular formula is C27H29N3O4. The molecule has 1 atom stereocenters. The van der Waals surface area contributed by atoms with Gasteiger partial charge in [-0.3, -0.25) is 4.79 Å². The standard InChI is InChI=1S/C27H29N3O4/c1-17(29-22-7-5-4-6-19(22)26(32)33)20-14-18(8-11-28)15-21-23(31)16-24(34-25(20)21)30-12-9-27(2,3)10-13-30/h4-7,14-17,29H,8-10,12-13H2,1-3H3,(H,32,33). The van der Waals surface area contributed by atoms with Crippen LogP contribution in [0, 0.1) is 16.7 Å². The summed E-state index contributed by atoms with van der Waals surface area (Å²) in [6.45, 7) is 8.00. The lowest BCUT2D eigenvalue weighted by molar-refractivity contribution is 0.0698. The third-order valence-corrected chi connectivity index (χ3v) is 6.61. The van der Waals surface area contributed by atoms with Crippen molar-refractivity contribution >= 4 is 28.5 Å². The molecule has 0 radical (unpaired) electrons. The Hall–Kier alpha value is -3.79. The van der Waals surface area contributed by atoms with E-state index in [0.717, 1.165) is 25.9 Å². The van der Waals surface area contributed by atoms with Gasteiger partial charge in [-0.2, -0.15) is 5.26 Å². The number of nitrogens with zero attached hydrogens (tertiary/aromatic N) is 2. The van der Waals surface area contributed by atoms with Gasteiger partial charge in [-0.05, 0) is 55.0 Å². The Morgan fingerprint density at radius 1 is 1.24 bits per heavy atom. The van der Waals surface area contributed by atoms with Crippen LogP contribution in [0.25, 0.3) is 11.0 Å². The van der Waals surface area contributed by atoms with Crippen molar-refractivity contribution in [2.24, 2.45) is 5.41 Å². The maximum atomic E-state index is 13.1. The predicted octanol–water partition coefficient (Wildman–Crippen LogP) is 5.36. The molecule has 4 rings (SSSR count). The number of anilines is 2. The zero-order valence-electron chi connectivity index (χ0n) is 19.7. The van der Waals surface area contributed by atoms with Gasteiger partial charge < -0.3 is 19.7 Å². The molecule has 1 aromatic heterocycles. The summed E-state index contributed by atoms with van der Waals surface area (Å²) in [7, 11) is 0. The summed E-state index contributed by atoms with van der Waals surface area (Å²) >= 11 is 0. The van der Waals surface area contributed by atoms with Crippen LogP contribution in [0.5, 0.6) is 0 Å². The highest BCUT2D eigenvalue weighted by Crippen LogP contribution is 2.35. The van der Waals surface area contributed by atoms with Gasteiger partial charge in [-0.15, -0.1) is 0 Å². The third kappa shape index (κ3) is 4.76. The fourth-order valence-corrected chi connectivity index (χ4v) is 4.44. The molecule has 1 saturated heterocycles. The maximum Gasteiger partial charge on any atom is 0.337 e. The van der Waals surface area contributed by atoms with Crippen molar-refractivity contribution in [1.82, 2.24) is 0 Å². The number of carboxylic acid groups (broad SMARTS) is 1. The number of carbonyl (C=O) groups is 1.